The number of rotatable bonds is 4. The zero-order valence-electron chi connectivity index (χ0n) is 25.6. The summed E-state index contributed by atoms with van der Waals surface area (Å²) in [5.41, 5.74) is 18.5. The summed E-state index contributed by atoms with van der Waals surface area (Å²) in [6.07, 6.45) is 2.61. The molecule has 4 nitrogen and oxygen atoms in total. The van der Waals surface area contributed by atoms with Crippen LogP contribution >= 0.6 is 0 Å². The van der Waals surface area contributed by atoms with Crippen LogP contribution in [0.5, 0.6) is 0 Å². The molecule has 0 spiro atoms. The molecule has 0 atom stereocenters. The summed E-state index contributed by atoms with van der Waals surface area (Å²) in [6, 6.07) is 43.1. The summed E-state index contributed by atoms with van der Waals surface area (Å²) >= 11 is 0. The fraction of sp³-hybridized carbons (Fsp3) is 0.0714. The Hall–Kier alpha value is -5.87. The highest BCUT2D eigenvalue weighted by molar-refractivity contribution is 6.19. The van der Waals surface area contributed by atoms with E-state index >= 15 is 0 Å². The molecule has 0 N–H and O–H groups in total. The molecule has 0 bridgehead atoms. The van der Waals surface area contributed by atoms with Crippen LogP contribution in [0.2, 0.25) is 0 Å². The van der Waals surface area contributed by atoms with Crippen molar-refractivity contribution in [3.05, 3.63) is 150 Å². The van der Waals surface area contributed by atoms with E-state index in [1.165, 1.54) is 44.5 Å². The first-order valence-electron chi connectivity index (χ1n) is 15.7. The molecule has 1 aliphatic carbocycles. The predicted molar refractivity (Wildman–Crippen MR) is 187 cm³/mol. The van der Waals surface area contributed by atoms with Gasteiger partial charge in [0.05, 0.1) is 11.9 Å². The zero-order valence-corrected chi connectivity index (χ0v) is 25.6. The average Bonchev–Trinajstić information content (AvgIpc) is 3.67. The third kappa shape index (κ3) is 3.97. The standard InChI is InChI=1S/C42H29N3O/c1-25-23-34-29-14-7-6-13-28(29)24-35(34)39(26(25)2)33-19-20-38-41(32-15-8-9-18-37(32)46-38)42(33)40-30(27-11-4-3-5-12-27)16-10-17-31(40)36-21-22-43-45-44-36/h3-23H,24H2,1-2H3. The second-order valence-corrected chi connectivity index (χ2v) is 12.1. The lowest BCUT2D eigenvalue weighted by molar-refractivity contribution is 0.669. The fourth-order valence-electron chi connectivity index (χ4n) is 7.45. The van der Waals surface area contributed by atoms with Gasteiger partial charge in [0.2, 0.25) is 0 Å². The van der Waals surface area contributed by atoms with Gasteiger partial charge in [0.15, 0.2) is 0 Å². The van der Waals surface area contributed by atoms with Crippen LogP contribution < -0.4 is 0 Å². The fourth-order valence-corrected chi connectivity index (χ4v) is 7.45. The Balaban J connectivity index is 1.48. The highest BCUT2D eigenvalue weighted by Gasteiger charge is 2.29. The van der Waals surface area contributed by atoms with Crippen LogP contribution in [-0.4, -0.2) is 15.4 Å². The van der Waals surface area contributed by atoms with E-state index < -0.39 is 0 Å². The normalized spacial score (nSPS) is 12.0. The largest absolute Gasteiger partial charge is 0.456 e. The molecule has 218 valence electrons. The smallest absolute Gasteiger partial charge is 0.136 e. The molecule has 0 unspecified atom stereocenters. The Kier molecular flexibility index (Phi) is 5.97. The van der Waals surface area contributed by atoms with Crippen LogP contribution in [0.1, 0.15) is 22.3 Å². The summed E-state index contributed by atoms with van der Waals surface area (Å²) in [5.74, 6) is 0. The van der Waals surface area contributed by atoms with E-state index in [-0.39, 0.29) is 0 Å². The molecule has 8 aromatic rings. The van der Waals surface area contributed by atoms with Gasteiger partial charge in [-0.25, -0.2) is 0 Å². The van der Waals surface area contributed by atoms with Crippen LogP contribution in [0.25, 0.3) is 77.7 Å². The molecule has 0 aliphatic heterocycles. The van der Waals surface area contributed by atoms with E-state index in [1.807, 2.05) is 12.1 Å². The molecule has 0 amide bonds. The van der Waals surface area contributed by atoms with Crippen molar-refractivity contribution in [3.8, 4) is 55.8 Å². The number of aryl methyl sites for hydroxylation is 1. The number of hydrogen-bond acceptors (Lipinski definition) is 4. The van der Waals surface area contributed by atoms with Crippen molar-refractivity contribution in [2.45, 2.75) is 20.3 Å². The molecular weight excluding hydrogens is 562 g/mol. The zero-order chi connectivity index (χ0) is 30.8. The number of furan rings is 1. The van der Waals surface area contributed by atoms with Gasteiger partial charge in [-0.15, -0.1) is 10.2 Å². The minimum absolute atomic E-state index is 0.775. The monoisotopic (exact) mass is 591 g/mol. The highest BCUT2D eigenvalue weighted by atomic mass is 16.3. The Labute approximate surface area is 267 Å². The lowest BCUT2D eigenvalue weighted by Crippen LogP contribution is -2.00. The van der Waals surface area contributed by atoms with Crippen molar-refractivity contribution in [2.24, 2.45) is 0 Å². The first kappa shape index (κ1) is 26.5. The number of aromatic nitrogens is 3. The third-order valence-electron chi connectivity index (χ3n) is 9.62. The van der Waals surface area contributed by atoms with Crippen LogP contribution in [0.4, 0.5) is 0 Å². The van der Waals surface area contributed by atoms with Gasteiger partial charge in [0, 0.05) is 27.5 Å². The van der Waals surface area contributed by atoms with Gasteiger partial charge in [0.1, 0.15) is 11.2 Å². The minimum Gasteiger partial charge on any atom is -0.456 e. The second kappa shape index (κ2) is 10.4. The predicted octanol–water partition coefficient (Wildman–Crippen LogP) is 10.6. The van der Waals surface area contributed by atoms with Crippen molar-refractivity contribution in [1.29, 1.82) is 0 Å². The van der Waals surface area contributed by atoms with Crippen LogP contribution in [0.3, 0.4) is 0 Å². The first-order valence-corrected chi connectivity index (χ1v) is 15.7. The summed E-state index contributed by atoms with van der Waals surface area (Å²) < 4.78 is 6.56. The van der Waals surface area contributed by atoms with Crippen molar-refractivity contribution in [1.82, 2.24) is 15.4 Å². The Morgan fingerprint density at radius 3 is 2.24 bits per heavy atom. The van der Waals surface area contributed by atoms with Crippen molar-refractivity contribution < 1.29 is 4.42 Å². The number of fused-ring (bicyclic) bond motifs is 6. The maximum absolute atomic E-state index is 6.56. The Morgan fingerprint density at radius 1 is 0.587 bits per heavy atom. The van der Waals surface area contributed by atoms with Crippen LogP contribution in [-0.2, 0) is 6.42 Å². The molecule has 2 aromatic heterocycles. The molecule has 1 aliphatic rings. The van der Waals surface area contributed by atoms with Gasteiger partial charge in [-0.1, -0.05) is 97.1 Å². The Morgan fingerprint density at radius 2 is 1.37 bits per heavy atom. The number of nitrogens with zero attached hydrogens (tertiary/aromatic N) is 3. The lowest BCUT2D eigenvalue weighted by atomic mass is 9.80. The third-order valence-corrected chi connectivity index (χ3v) is 9.62. The van der Waals surface area contributed by atoms with Gasteiger partial charge in [-0.05, 0) is 105 Å². The first-order chi connectivity index (χ1) is 22.7. The SMILES string of the molecule is Cc1cc2c(c(-c3ccc4oc5ccccc5c4c3-c3c(-c4ccccc4)cccc3-c3ccnnn3)c1C)Cc1ccccc1-2. The highest BCUT2D eigenvalue weighted by Crippen LogP contribution is 2.52. The van der Waals surface area contributed by atoms with E-state index in [0.717, 1.165) is 61.9 Å². The van der Waals surface area contributed by atoms with E-state index in [0.29, 0.717) is 0 Å². The molecule has 2 heterocycles. The van der Waals surface area contributed by atoms with Crippen LogP contribution in [0, 0.1) is 13.8 Å². The average molecular weight is 592 g/mol. The molecule has 0 saturated carbocycles. The molecule has 0 radical (unpaired) electrons. The van der Waals surface area contributed by atoms with Gasteiger partial charge < -0.3 is 4.42 Å². The van der Waals surface area contributed by atoms with E-state index in [1.54, 1.807) is 6.20 Å². The van der Waals surface area contributed by atoms with E-state index in [4.69, 9.17) is 4.42 Å². The molecular formula is C42H29N3O. The van der Waals surface area contributed by atoms with E-state index in [2.05, 4.69) is 138 Å². The molecule has 0 fully saturated rings. The number of benzene rings is 6. The minimum atomic E-state index is 0.775. The van der Waals surface area contributed by atoms with Crippen molar-refractivity contribution >= 4 is 21.9 Å². The maximum atomic E-state index is 6.56. The van der Waals surface area contributed by atoms with Gasteiger partial charge in [-0.2, -0.15) is 0 Å². The molecule has 6 aromatic carbocycles. The summed E-state index contributed by atoms with van der Waals surface area (Å²) in [5, 5.41) is 14.8. The van der Waals surface area contributed by atoms with Crippen LogP contribution in [0.15, 0.2) is 132 Å². The number of hydrogen-bond donors (Lipinski definition) is 0. The van der Waals surface area contributed by atoms with Crippen molar-refractivity contribution in [2.75, 3.05) is 0 Å². The molecule has 46 heavy (non-hydrogen) atoms. The quantitative estimate of drug-likeness (QED) is 0.204. The van der Waals surface area contributed by atoms with Gasteiger partial charge in [0.25, 0.3) is 0 Å². The second-order valence-electron chi connectivity index (χ2n) is 12.1. The topological polar surface area (TPSA) is 51.8 Å². The maximum Gasteiger partial charge on any atom is 0.136 e. The Bertz CT molecular complexity index is 2400. The molecule has 9 rings (SSSR count). The van der Waals surface area contributed by atoms with E-state index in [9.17, 15) is 0 Å². The molecule has 4 heteroatoms. The van der Waals surface area contributed by atoms with Gasteiger partial charge >= 0.3 is 0 Å². The summed E-state index contributed by atoms with van der Waals surface area (Å²) in [6.45, 7) is 4.51. The molecule has 0 saturated heterocycles. The summed E-state index contributed by atoms with van der Waals surface area (Å²) in [7, 11) is 0. The van der Waals surface area contributed by atoms with Gasteiger partial charge in [-0.3, -0.25) is 0 Å². The lowest BCUT2D eigenvalue weighted by Gasteiger charge is -2.23. The number of para-hydroxylation sites is 1. The van der Waals surface area contributed by atoms with Crippen molar-refractivity contribution in [3.63, 3.8) is 0 Å². The summed E-state index contributed by atoms with van der Waals surface area (Å²) in [4.78, 5) is 0.